The summed E-state index contributed by atoms with van der Waals surface area (Å²) in [5.74, 6) is 3.17. The Hall–Kier alpha value is -1.62. The normalized spacial score (nSPS) is 29.6. The van der Waals surface area contributed by atoms with Crippen molar-refractivity contribution >= 4 is 33.1 Å². The highest BCUT2D eigenvalue weighted by molar-refractivity contribution is 7.17. The predicted molar refractivity (Wildman–Crippen MR) is 97.4 cm³/mol. The van der Waals surface area contributed by atoms with E-state index in [2.05, 4.69) is 32.3 Å². The molecule has 4 heterocycles. The number of pyridine rings is 1. The molecule has 0 radical (unpaired) electrons. The zero-order chi connectivity index (χ0) is 16.1. The van der Waals surface area contributed by atoms with E-state index in [9.17, 15) is 4.79 Å². The molecule has 2 aromatic heterocycles. The monoisotopic (exact) mass is 341 g/mol. The standard InChI is InChI=1S/C19H23N3OS/c23-19(22-10-13-2-1-3-14(13)11-22)15-5-8-21(12-15)18-16-6-9-24-17(16)4-7-20-18/h4,6-7,9,13-15H,1-3,5,8,10-12H2. The minimum absolute atomic E-state index is 0.152. The molecule has 3 atom stereocenters. The van der Waals surface area contributed by atoms with Crippen molar-refractivity contribution in [3.8, 4) is 0 Å². The van der Waals surface area contributed by atoms with Crippen molar-refractivity contribution < 1.29 is 4.79 Å². The van der Waals surface area contributed by atoms with Crippen molar-refractivity contribution in [2.45, 2.75) is 25.7 Å². The average Bonchev–Trinajstić information content (AvgIpc) is 3.35. The summed E-state index contributed by atoms with van der Waals surface area (Å²) >= 11 is 1.76. The largest absolute Gasteiger partial charge is 0.355 e. The lowest BCUT2D eigenvalue weighted by molar-refractivity contribution is -0.134. The molecule has 0 spiro atoms. The van der Waals surface area contributed by atoms with Gasteiger partial charge in [-0.1, -0.05) is 6.42 Å². The molecule has 2 aliphatic heterocycles. The second-order valence-corrected chi connectivity index (χ2v) is 8.54. The number of fused-ring (bicyclic) bond motifs is 2. The molecule has 3 unspecified atom stereocenters. The second kappa shape index (κ2) is 5.73. The van der Waals surface area contributed by atoms with Gasteiger partial charge in [0, 0.05) is 42.5 Å². The maximum Gasteiger partial charge on any atom is 0.227 e. The molecule has 5 heteroatoms. The average molecular weight is 341 g/mol. The van der Waals surface area contributed by atoms with E-state index in [0.717, 1.165) is 50.3 Å². The molecule has 126 valence electrons. The van der Waals surface area contributed by atoms with Crippen LogP contribution in [0.3, 0.4) is 0 Å². The quantitative estimate of drug-likeness (QED) is 0.840. The van der Waals surface area contributed by atoms with Crippen LogP contribution in [0.5, 0.6) is 0 Å². The highest BCUT2D eigenvalue weighted by Gasteiger charge is 2.41. The van der Waals surface area contributed by atoms with Gasteiger partial charge < -0.3 is 9.80 Å². The van der Waals surface area contributed by atoms with Gasteiger partial charge in [0.2, 0.25) is 5.91 Å². The van der Waals surface area contributed by atoms with Crippen LogP contribution < -0.4 is 4.90 Å². The van der Waals surface area contributed by atoms with Crippen molar-refractivity contribution in [2.75, 3.05) is 31.1 Å². The van der Waals surface area contributed by atoms with E-state index in [4.69, 9.17) is 0 Å². The number of hydrogen-bond donors (Lipinski definition) is 0. The van der Waals surface area contributed by atoms with E-state index in [1.54, 1.807) is 11.3 Å². The first-order chi connectivity index (χ1) is 11.8. The van der Waals surface area contributed by atoms with Crippen molar-refractivity contribution in [3.05, 3.63) is 23.7 Å². The number of carbonyl (C=O) groups excluding carboxylic acids is 1. The number of thiophene rings is 1. The molecule has 1 aliphatic carbocycles. The lowest BCUT2D eigenvalue weighted by atomic mass is 10.0. The van der Waals surface area contributed by atoms with E-state index < -0.39 is 0 Å². The predicted octanol–water partition coefficient (Wildman–Crippen LogP) is 3.38. The summed E-state index contributed by atoms with van der Waals surface area (Å²) in [6, 6.07) is 4.23. The molecule has 1 saturated carbocycles. The fraction of sp³-hybridized carbons (Fsp3) is 0.579. The molecule has 3 fully saturated rings. The number of nitrogens with zero attached hydrogens (tertiary/aromatic N) is 3. The Morgan fingerprint density at radius 3 is 2.79 bits per heavy atom. The van der Waals surface area contributed by atoms with Crippen molar-refractivity contribution in [1.82, 2.24) is 9.88 Å². The molecule has 0 bridgehead atoms. The van der Waals surface area contributed by atoms with E-state index in [-0.39, 0.29) is 5.92 Å². The zero-order valence-electron chi connectivity index (χ0n) is 13.9. The molecule has 4 nitrogen and oxygen atoms in total. The number of anilines is 1. The number of hydrogen-bond acceptors (Lipinski definition) is 4. The fourth-order valence-corrected chi connectivity index (χ4v) is 5.74. The Morgan fingerprint density at radius 2 is 1.96 bits per heavy atom. The van der Waals surface area contributed by atoms with Gasteiger partial charge in [0.1, 0.15) is 5.82 Å². The first-order valence-electron chi connectivity index (χ1n) is 9.15. The van der Waals surface area contributed by atoms with E-state index >= 15 is 0 Å². The summed E-state index contributed by atoms with van der Waals surface area (Å²) < 4.78 is 1.28. The van der Waals surface area contributed by atoms with E-state index in [1.807, 2.05) is 6.20 Å². The Labute approximate surface area is 146 Å². The summed E-state index contributed by atoms with van der Waals surface area (Å²) in [5, 5.41) is 3.35. The number of amides is 1. The number of rotatable bonds is 2. The number of aromatic nitrogens is 1. The Balaban J connectivity index is 1.30. The minimum Gasteiger partial charge on any atom is -0.355 e. The minimum atomic E-state index is 0.152. The van der Waals surface area contributed by atoms with Crippen LogP contribution in [-0.4, -0.2) is 42.0 Å². The van der Waals surface area contributed by atoms with Crippen molar-refractivity contribution in [1.29, 1.82) is 0 Å². The van der Waals surface area contributed by atoms with E-state index in [0.29, 0.717) is 5.91 Å². The summed E-state index contributed by atoms with van der Waals surface area (Å²) in [4.78, 5) is 22.0. The van der Waals surface area contributed by atoms with Crippen LogP contribution in [0.2, 0.25) is 0 Å². The lowest BCUT2D eigenvalue weighted by Gasteiger charge is -2.22. The zero-order valence-corrected chi connectivity index (χ0v) is 14.7. The van der Waals surface area contributed by atoms with Crippen LogP contribution in [0, 0.1) is 17.8 Å². The molecule has 2 aromatic rings. The summed E-state index contributed by atoms with van der Waals surface area (Å²) in [6.45, 7) is 3.79. The van der Waals surface area contributed by atoms with Crippen LogP contribution >= 0.6 is 11.3 Å². The Morgan fingerprint density at radius 1 is 1.12 bits per heavy atom. The molecular formula is C19H23N3OS. The Kier molecular flexibility index (Phi) is 3.51. The highest BCUT2D eigenvalue weighted by atomic mass is 32.1. The Bertz CT molecular complexity index is 761. The van der Waals surface area contributed by atoms with Gasteiger partial charge in [0.25, 0.3) is 0 Å². The third kappa shape index (κ3) is 2.32. The fourth-order valence-electron chi connectivity index (χ4n) is 4.96. The maximum atomic E-state index is 13.0. The van der Waals surface area contributed by atoms with Crippen LogP contribution in [0.4, 0.5) is 5.82 Å². The van der Waals surface area contributed by atoms with Gasteiger partial charge in [-0.25, -0.2) is 4.98 Å². The van der Waals surface area contributed by atoms with Gasteiger partial charge in [0.05, 0.1) is 5.92 Å². The van der Waals surface area contributed by atoms with Crippen LogP contribution in [0.25, 0.3) is 10.1 Å². The summed E-state index contributed by atoms with van der Waals surface area (Å²) in [6.07, 6.45) is 6.88. The third-order valence-electron chi connectivity index (χ3n) is 6.23. The molecule has 0 aromatic carbocycles. The molecule has 5 rings (SSSR count). The van der Waals surface area contributed by atoms with Gasteiger partial charge >= 0.3 is 0 Å². The summed E-state index contributed by atoms with van der Waals surface area (Å²) in [5.41, 5.74) is 0. The van der Waals surface area contributed by atoms with Crippen molar-refractivity contribution in [3.63, 3.8) is 0 Å². The molecule has 1 amide bonds. The highest BCUT2D eigenvalue weighted by Crippen LogP contribution is 2.39. The molecule has 3 aliphatic rings. The summed E-state index contributed by atoms with van der Waals surface area (Å²) in [7, 11) is 0. The number of carbonyl (C=O) groups is 1. The first kappa shape index (κ1) is 14.7. The van der Waals surface area contributed by atoms with Gasteiger partial charge in [0.15, 0.2) is 0 Å². The van der Waals surface area contributed by atoms with Crippen LogP contribution in [-0.2, 0) is 4.79 Å². The van der Waals surface area contributed by atoms with Gasteiger partial charge in [-0.15, -0.1) is 11.3 Å². The lowest BCUT2D eigenvalue weighted by Crippen LogP contribution is -2.36. The van der Waals surface area contributed by atoms with Gasteiger partial charge in [-0.2, -0.15) is 0 Å². The van der Waals surface area contributed by atoms with Gasteiger partial charge in [-0.3, -0.25) is 4.79 Å². The molecule has 2 saturated heterocycles. The van der Waals surface area contributed by atoms with E-state index in [1.165, 1.54) is 29.3 Å². The van der Waals surface area contributed by atoms with Crippen LogP contribution in [0.15, 0.2) is 23.7 Å². The smallest absolute Gasteiger partial charge is 0.227 e. The van der Waals surface area contributed by atoms with Gasteiger partial charge in [-0.05, 0) is 48.6 Å². The molecule has 24 heavy (non-hydrogen) atoms. The maximum absolute atomic E-state index is 13.0. The number of likely N-dealkylation sites (tertiary alicyclic amines) is 1. The molecule has 0 N–H and O–H groups in total. The first-order valence-corrected chi connectivity index (χ1v) is 10.0. The van der Waals surface area contributed by atoms with Crippen molar-refractivity contribution in [2.24, 2.45) is 17.8 Å². The second-order valence-electron chi connectivity index (χ2n) is 7.59. The topological polar surface area (TPSA) is 36.4 Å². The SMILES string of the molecule is O=C(C1CCN(c2nccc3sccc23)C1)N1CC2CCCC2C1. The third-order valence-corrected chi connectivity index (χ3v) is 7.12. The molecular weight excluding hydrogens is 318 g/mol. The van der Waals surface area contributed by atoms with Crippen LogP contribution in [0.1, 0.15) is 25.7 Å².